The minimum Gasteiger partial charge on any atom is -0.488 e. The van der Waals surface area contributed by atoms with Crippen LogP contribution in [0.5, 0.6) is 5.75 Å². The molecule has 0 aliphatic heterocycles. The summed E-state index contributed by atoms with van der Waals surface area (Å²) in [5.41, 5.74) is 2.67. The largest absolute Gasteiger partial charge is 0.488 e. The average Bonchev–Trinajstić information content (AvgIpc) is 3.13. The zero-order valence-electron chi connectivity index (χ0n) is 15.2. The summed E-state index contributed by atoms with van der Waals surface area (Å²) in [6.07, 6.45) is 0.950. The second-order valence-corrected chi connectivity index (χ2v) is 7.85. The van der Waals surface area contributed by atoms with Crippen LogP contribution < -0.4 is 4.74 Å². The van der Waals surface area contributed by atoms with E-state index in [4.69, 9.17) is 9.47 Å². The van der Waals surface area contributed by atoms with Crippen LogP contribution in [0.25, 0.3) is 16.0 Å². The standard InChI is InChI=1S/C20H21NO4S/c1-20(2,3)25-15-7-5-6-13(8-15)16-10-18-21(17(16)11-22)14(12-26-18)9-19(23)24-4/h5-8,10-12H,9H2,1-4H3. The van der Waals surface area contributed by atoms with Crippen molar-refractivity contribution >= 4 is 28.4 Å². The molecule has 0 bridgehead atoms. The maximum atomic E-state index is 11.8. The van der Waals surface area contributed by atoms with Crippen LogP contribution in [0.3, 0.4) is 0 Å². The number of carbonyl (C=O) groups excluding carboxylic acids is 2. The molecule has 136 valence electrons. The van der Waals surface area contributed by atoms with E-state index < -0.39 is 0 Å². The van der Waals surface area contributed by atoms with Crippen LogP contribution in [-0.2, 0) is 16.0 Å². The van der Waals surface area contributed by atoms with Crippen molar-refractivity contribution in [2.75, 3.05) is 7.11 Å². The van der Waals surface area contributed by atoms with Gasteiger partial charge in [0.25, 0.3) is 0 Å². The van der Waals surface area contributed by atoms with Gasteiger partial charge in [0.2, 0.25) is 0 Å². The first-order chi connectivity index (χ1) is 12.3. The number of benzene rings is 1. The highest BCUT2D eigenvalue weighted by Crippen LogP contribution is 2.33. The Balaban J connectivity index is 2.07. The first kappa shape index (κ1) is 18.2. The molecular formula is C20H21NO4S. The van der Waals surface area contributed by atoms with Crippen LogP contribution >= 0.6 is 11.3 Å². The third-order valence-electron chi connectivity index (χ3n) is 3.84. The van der Waals surface area contributed by atoms with E-state index in [0.29, 0.717) is 5.69 Å². The molecule has 0 saturated carbocycles. The Morgan fingerprint density at radius 2 is 2.04 bits per heavy atom. The van der Waals surface area contributed by atoms with Crippen molar-refractivity contribution in [1.82, 2.24) is 4.40 Å². The number of rotatable bonds is 5. The third kappa shape index (κ3) is 3.65. The molecule has 0 saturated heterocycles. The lowest BCUT2D eigenvalue weighted by atomic mass is 10.1. The van der Waals surface area contributed by atoms with E-state index in [2.05, 4.69) is 0 Å². The van der Waals surface area contributed by atoms with Crippen molar-refractivity contribution in [3.63, 3.8) is 0 Å². The fourth-order valence-electron chi connectivity index (χ4n) is 2.83. The van der Waals surface area contributed by atoms with Gasteiger partial charge < -0.3 is 13.9 Å². The molecule has 0 aliphatic rings. The van der Waals surface area contributed by atoms with Crippen LogP contribution in [0.1, 0.15) is 37.0 Å². The maximum absolute atomic E-state index is 11.8. The van der Waals surface area contributed by atoms with Gasteiger partial charge in [0.05, 0.1) is 19.2 Å². The molecule has 0 amide bonds. The Morgan fingerprint density at radius 1 is 1.27 bits per heavy atom. The summed E-state index contributed by atoms with van der Waals surface area (Å²) in [6.45, 7) is 5.97. The predicted octanol–water partition coefficient (Wildman–Crippen LogP) is 4.37. The Bertz CT molecular complexity index is 962. The maximum Gasteiger partial charge on any atom is 0.311 e. The van der Waals surface area contributed by atoms with Crippen molar-refractivity contribution in [2.45, 2.75) is 32.8 Å². The number of nitrogens with zero attached hydrogens (tertiary/aromatic N) is 1. The van der Waals surface area contributed by atoms with Crippen molar-refractivity contribution in [1.29, 1.82) is 0 Å². The second kappa shape index (κ2) is 6.96. The highest BCUT2D eigenvalue weighted by molar-refractivity contribution is 7.15. The molecule has 3 rings (SSSR count). The molecular weight excluding hydrogens is 350 g/mol. The van der Waals surface area contributed by atoms with Gasteiger partial charge in [-0.15, -0.1) is 11.3 Å². The molecule has 0 aliphatic carbocycles. The third-order valence-corrected chi connectivity index (χ3v) is 4.77. The normalized spacial score (nSPS) is 11.5. The molecule has 0 spiro atoms. The number of ether oxygens (including phenoxy) is 2. The molecule has 6 heteroatoms. The SMILES string of the molecule is COC(=O)Cc1csc2cc(-c3cccc(OC(C)(C)C)c3)c(C=O)n12. The fraction of sp³-hybridized carbons (Fsp3) is 0.300. The van der Waals surface area contributed by atoms with Crippen LogP contribution in [0, 0.1) is 0 Å². The van der Waals surface area contributed by atoms with Gasteiger partial charge in [-0.25, -0.2) is 0 Å². The number of hydrogen-bond acceptors (Lipinski definition) is 5. The van der Waals surface area contributed by atoms with Gasteiger partial charge in [0.15, 0.2) is 6.29 Å². The lowest BCUT2D eigenvalue weighted by molar-refractivity contribution is -0.139. The minimum absolute atomic E-state index is 0.124. The topological polar surface area (TPSA) is 57.0 Å². The van der Waals surface area contributed by atoms with Gasteiger partial charge >= 0.3 is 5.97 Å². The van der Waals surface area contributed by atoms with E-state index >= 15 is 0 Å². The zero-order valence-corrected chi connectivity index (χ0v) is 16.1. The summed E-state index contributed by atoms with van der Waals surface area (Å²) in [5.74, 6) is 0.411. The number of aldehydes is 1. The lowest BCUT2D eigenvalue weighted by Gasteiger charge is -2.21. The Kier molecular flexibility index (Phi) is 4.87. The van der Waals surface area contributed by atoms with Crippen molar-refractivity contribution in [2.24, 2.45) is 0 Å². The van der Waals surface area contributed by atoms with Crippen molar-refractivity contribution in [3.8, 4) is 16.9 Å². The van der Waals surface area contributed by atoms with Gasteiger partial charge in [0, 0.05) is 16.6 Å². The molecule has 0 fully saturated rings. The number of esters is 1. The Labute approximate surface area is 156 Å². The Hall–Kier alpha value is -2.60. The number of hydrogen-bond donors (Lipinski definition) is 0. The van der Waals surface area contributed by atoms with Crippen LogP contribution in [0.15, 0.2) is 35.7 Å². The number of fused-ring (bicyclic) bond motifs is 1. The summed E-state index contributed by atoms with van der Waals surface area (Å²) in [6, 6.07) is 9.65. The van der Waals surface area contributed by atoms with E-state index in [0.717, 1.165) is 33.7 Å². The molecule has 3 aromatic rings. The monoisotopic (exact) mass is 371 g/mol. The molecule has 5 nitrogen and oxygen atoms in total. The second-order valence-electron chi connectivity index (χ2n) is 6.96. The zero-order chi connectivity index (χ0) is 18.9. The van der Waals surface area contributed by atoms with E-state index in [9.17, 15) is 9.59 Å². The van der Waals surface area contributed by atoms with Gasteiger partial charge in [-0.3, -0.25) is 9.59 Å². The predicted molar refractivity (Wildman–Crippen MR) is 102 cm³/mol. The Morgan fingerprint density at radius 3 is 2.69 bits per heavy atom. The molecule has 0 radical (unpaired) electrons. The highest BCUT2D eigenvalue weighted by atomic mass is 32.1. The van der Waals surface area contributed by atoms with E-state index in [-0.39, 0.29) is 18.0 Å². The minimum atomic E-state index is -0.336. The molecule has 26 heavy (non-hydrogen) atoms. The summed E-state index contributed by atoms with van der Waals surface area (Å²) in [7, 11) is 1.36. The summed E-state index contributed by atoms with van der Waals surface area (Å²) < 4.78 is 12.5. The van der Waals surface area contributed by atoms with E-state index in [1.807, 2.05) is 60.9 Å². The van der Waals surface area contributed by atoms with E-state index in [1.165, 1.54) is 18.4 Å². The smallest absolute Gasteiger partial charge is 0.311 e. The number of aromatic nitrogens is 1. The molecule has 2 aromatic heterocycles. The van der Waals surface area contributed by atoms with Gasteiger partial charge in [-0.05, 0) is 44.5 Å². The molecule has 2 heterocycles. The van der Waals surface area contributed by atoms with Crippen molar-refractivity contribution in [3.05, 3.63) is 47.1 Å². The van der Waals surface area contributed by atoms with E-state index in [1.54, 1.807) is 0 Å². The number of carbonyl (C=O) groups is 2. The van der Waals surface area contributed by atoms with Gasteiger partial charge in [-0.1, -0.05) is 12.1 Å². The van der Waals surface area contributed by atoms with Crippen LogP contribution in [0.4, 0.5) is 0 Å². The summed E-state index contributed by atoms with van der Waals surface area (Å²) in [4.78, 5) is 24.4. The number of methoxy groups -OCH3 is 1. The average molecular weight is 371 g/mol. The first-order valence-electron chi connectivity index (χ1n) is 8.25. The first-order valence-corrected chi connectivity index (χ1v) is 9.13. The summed E-state index contributed by atoms with van der Waals surface area (Å²) in [5, 5.41) is 1.88. The molecule has 0 unspecified atom stereocenters. The van der Waals surface area contributed by atoms with Crippen LogP contribution in [0.2, 0.25) is 0 Å². The molecule has 1 aromatic carbocycles. The molecule has 0 atom stereocenters. The lowest BCUT2D eigenvalue weighted by Crippen LogP contribution is -2.22. The quantitative estimate of drug-likeness (QED) is 0.493. The van der Waals surface area contributed by atoms with Crippen molar-refractivity contribution < 1.29 is 19.1 Å². The highest BCUT2D eigenvalue weighted by Gasteiger charge is 2.18. The molecule has 0 N–H and O–H groups in total. The fourth-order valence-corrected chi connectivity index (χ4v) is 3.79. The van der Waals surface area contributed by atoms with Gasteiger partial charge in [-0.2, -0.15) is 0 Å². The van der Waals surface area contributed by atoms with Gasteiger partial charge in [0.1, 0.15) is 16.2 Å². The number of thiazole rings is 1. The summed E-state index contributed by atoms with van der Waals surface area (Å²) >= 11 is 1.49. The van der Waals surface area contributed by atoms with Crippen LogP contribution in [-0.4, -0.2) is 29.4 Å².